The molecule has 2 aromatic carbocycles. The summed E-state index contributed by atoms with van der Waals surface area (Å²) in [5, 5.41) is 5.71. The zero-order valence-corrected chi connectivity index (χ0v) is 21.1. The van der Waals surface area contributed by atoms with E-state index in [9.17, 15) is 27.2 Å². The lowest BCUT2D eigenvalue weighted by molar-refractivity contribution is 0.256. The smallest absolute Gasteiger partial charge is 0.333 e. The van der Waals surface area contributed by atoms with Crippen molar-refractivity contribution in [3.63, 3.8) is 0 Å². The summed E-state index contributed by atoms with van der Waals surface area (Å²) >= 11 is 0.996. The topological polar surface area (TPSA) is 142 Å². The lowest BCUT2D eigenvalue weighted by Crippen LogP contribution is -2.35. The number of urea groups is 1. The van der Waals surface area contributed by atoms with Crippen LogP contribution in [0.3, 0.4) is 0 Å². The molecule has 5 rings (SSSR count). The molecule has 0 spiro atoms. The minimum absolute atomic E-state index is 0.0394. The first-order chi connectivity index (χ1) is 17.6. The van der Waals surface area contributed by atoms with Gasteiger partial charge in [-0.25, -0.2) is 31.7 Å². The Bertz CT molecular complexity index is 1760. The normalized spacial score (nSPS) is 13.5. The highest BCUT2D eigenvalue weighted by Crippen LogP contribution is 2.29. The van der Waals surface area contributed by atoms with Crippen LogP contribution in [0.5, 0.6) is 0 Å². The Labute approximate surface area is 214 Å². The molecule has 4 N–H and O–H groups in total. The van der Waals surface area contributed by atoms with E-state index in [4.69, 9.17) is 0 Å². The molecule has 2 amide bonds. The third kappa shape index (κ3) is 5.27. The molecule has 4 aromatic rings. The second-order valence-electron chi connectivity index (χ2n) is 8.75. The Morgan fingerprint density at radius 3 is 2.54 bits per heavy atom. The maximum absolute atomic E-state index is 15.0. The van der Waals surface area contributed by atoms with Gasteiger partial charge in [-0.3, -0.25) is 4.79 Å². The van der Waals surface area contributed by atoms with Gasteiger partial charge < -0.3 is 15.6 Å². The first kappa shape index (κ1) is 24.7. The number of thiophene rings is 1. The van der Waals surface area contributed by atoms with Crippen molar-refractivity contribution in [1.29, 1.82) is 0 Å². The van der Waals surface area contributed by atoms with Crippen LogP contribution in [0.4, 0.5) is 20.6 Å². The molecule has 1 saturated carbocycles. The third-order valence-corrected chi connectivity index (χ3v) is 8.67. The molecule has 2 aromatic heterocycles. The molecule has 192 valence electrons. The van der Waals surface area contributed by atoms with Crippen LogP contribution in [0.25, 0.3) is 16.6 Å². The molecule has 2 heterocycles. The van der Waals surface area contributed by atoms with Gasteiger partial charge in [-0.15, -0.1) is 11.3 Å². The van der Waals surface area contributed by atoms with Gasteiger partial charge in [0.2, 0.25) is 0 Å². The number of aromatic nitrogens is 2. The van der Waals surface area contributed by atoms with Crippen molar-refractivity contribution >= 4 is 49.7 Å². The molecule has 13 heteroatoms. The predicted molar refractivity (Wildman–Crippen MR) is 140 cm³/mol. The molecule has 37 heavy (non-hydrogen) atoms. The maximum Gasteiger partial charge on any atom is 0.333 e. The minimum atomic E-state index is -4.09. The van der Waals surface area contributed by atoms with Crippen molar-refractivity contribution in [2.75, 3.05) is 17.2 Å². The Hall–Kier alpha value is -3.97. The molecule has 1 aliphatic rings. The van der Waals surface area contributed by atoms with Gasteiger partial charge in [-0.05, 0) is 74.2 Å². The number of benzene rings is 2. The molecule has 0 saturated heterocycles. The Balaban J connectivity index is 1.37. The van der Waals surface area contributed by atoms with E-state index in [-0.39, 0.29) is 21.0 Å². The minimum Gasteiger partial charge on any atom is -0.385 e. The summed E-state index contributed by atoms with van der Waals surface area (Å²) in [5.41, 5.74) is -0.841. The number of nitrogens with one attached hydrogen (secondary N) is 4. The van der Waals surface area contributed by atoms with Crippen LogP contribution in [0.2, 0.25) is 0 Å². The van der Waals surface area contributed by atoms with Gasteiger partial charge in [0.05, 0.1) is 16.6 Å². The number of aromatic amines is 1. The zero-order chi connectivity index (χ0) is 26.3. The lowest BCUT2D eigenvalue weighted by atomic mass is 10.2. The average molecular weight is 544 g/mol. The summed E-state index contributed by atoms with van der Waals surface area (Å²) in [4.78, 5) is 41.4. The number of carbonyl (C=O) groups is 1. The maximum atomic E-state index is 15.0. The molecule has 0 unspecified atom stereocenters. The van der Waals surface area contributed by atoms with Crippen LogP contribution >= 0.6 is 11.3 Å². The predicted octanol–water partition coefficient (Wildman–Crippen LogP) is 3.52. The zero-order valence-electron chi connectivity index (χ0n) is 19.5. The standard InChI is InChI=1S/C24H22FN5O5S2/c1-13-2-9-21(36-13)37(34,35)29-23(32)27-16-6-8-20(18(25)10-16)30-22(31)17-7-5-15(26-12-14-3-4-14)11-19(17)28-24(30)33/h2,5-11,14,26H,3-4,12H2,1H3,(H,28,33)(H2,27,29,32). The van der Waals surface area contributed by atoms with E-state index in [1.165, 1.54) is 25.0 Å². The van der Waals surface area contributed by atoms with Gasteiger partial charge in [0.15, 0.2) is 0 Å². The monoisotopic (exact) mass is 543 g/mol. The Morgan fingerprint density at radius 2 is 1.86 bits per heavy atom. The van der Waals surface area contributed by atoms with E-state index in [0.717, 1.165) is 40.6 Å². The van der Waals surface area contributed by atoms with Crippen molar-refractivity contribution in [3.05, 3.63) is 80.1 Å². The quantitative estimate of drug-likeness (QED) is 0.281. The van der Waals surface area contributed by atoms with Gasteiger partial charge >= 0.3 is 11.7 Å². The Morgan fingerprint density at radius 1 is 1.11 bits per heavy atom. The Kier molecular flexibility index (Phi) is 6.33. The number of hydrogen-bond acceptors (Lipinski definition) is 7. The van der Waals surface area contributed by atoms with Crippen molar-refractivity contribution in [2.45, 2.75) is 24.0 Å². The van der Waals surface area contributed by atoms with Crippen molar-refractivity contribution < 1.29 is 17.6 Å². The summed E-state index contributed by atoms with van der Waals surface area (Å²) in [6, 6.07) is 10.1. The first-order valence-corrected chi connectivity index (χ1v) is 13.6. The van der Waals surface area contributed by atoms with Crippen molar-refractivity contribution in [2.24, 2.45) is 5.92 Å². The fourth-order valence-electron chi connectivity index (χ4n) is 3.78. The highest BCUT2D eigenvalue weighted by atomic mass is 32.2. The number of hydrogen-bond donors (Lipinski definition) is 4. The van der Waals surface area contributed by atoms with Crippen LogP contribution < -0.4 is 26.6 Å². The summed E-state index contributed by atoms with van der Waals surface area (Å²) in [5.74, 6) is -0.326. The summed E-state index contributed by atoms with van der Waals surface area (Å²) in [6.07, 6.45) is 2.36. The van der Waals surface area contributed by atoms with Crippen LogP contribution in [0.1, 0.15) is 17.7 Å². The van der Waals surface area contributed by atoms with E-state index >= 15 is 0 Å². The van der Waals surface area contributed by atoms with E-state index < -0.39 is 33.1 Å². The number of nitrogens with zero attached hydrogens (tertiary/aromatic N) is 1. The molecule has 0 atom stereocenters. The van der Waals surface area contributed by atoms with Gasteiger partial charge in [-0.2, -0.15) is 0 Å². The molecule has 0 radical (unpaired) electrons. The van der Waals surface area contributed by atoms with Gasteiger partial charge in [0.1, 0.15) is 10.0 Å². The molecule has 1 aliphatic carbocycles. The van der Waals surface area contributed by atoms with E-state index in [1.807, 2.05) is 4.72 Å². The van der Waals surface area contributed by atoms with E-state index in [0.29, 0.717) is 16.0 Å². The van der Waals surface area contributed by atoms with Crippen molar-refractivity contribution in [3.8, 4) is 5.69 Å². The first-order valence-electron chi connectivity index (χ1n) is 11.3. The number of anilines is 2. The fraction of sp³-hybridized carbons (Fsp3) is 0.208. The number of H-pyrrole nitrogens is 1. The van der Waals surface area contributed by atoms with Gasteiger partial charge in [-0.1, -0.05) is 0 Å². The second kappa shape index (κ2) is 9.48. The summed E-state index contributed by atoms with van der Waals surface area (Å²) in [6.45, 7) is 2.54. The largest absolute Gasteiger partial charge is 0.385 e. The number of halogens is 1. The molecule has 10 nitrogen and oxygen atoms in total. The SMILES string of the molecule is Cc1ccc(S(=O)(=O)NC(=O)Nc2ccc(-n3c(=O)[nH]c4cc(NCC5CC5)ccc4c3=O)c(F)c2)s1. The number of aryl methyl sites for hydroxylation is 1. The molecule has 0 bridgehead atoms. The van der Waals surface area contributed by atoms with Crippen LogP contribution in [-0.4, -0.2) is 30.5 Å². The number of fused-ring (bicyclic) bond motifs is 1. The van der Waals surface area contributed by atoms with Crippen LogP contribution in [0.15, 0.2) is 62.3 Å². The fourth-order valence-corrected chi connectivity index (χ4v) is 5.97. The average Bonchev–Trinajstić information content (AvgIpc) is 3.55. The van der Waals surface area contributed by atoms with Gasteiger partial charge in [0.25, 0.3) is 15.6 Å². The number of sulfonamides is 1. The highest BCUT2D eigenvalue weighted by Gasteiger charge is 2.22. The molecule has 0 aliphatic heterocycles. The van der Waals surface area contributed by atoms with Gasteiger partial charge in [0, 0.05) is 22.8 Å². The third-order valence-electron chi connectivity index (χ3n) is 5.84. The molecular weight excluding hydrogens is 521 g/mol. The number of rotatable bonds is 7. The van der Waals surface area contributed by atoms with E-state index in [2.05, 4.69) is 15.6 Å². The highest BCUT2D eigenvalue weighted by molar-refractivity contribution is 7.92. The number of amides is 2. The molecular formula is C24H22FN5O5S2. The summed E-state index contributed by atoms with van der Waals surface area (Å²) < 4.78 is 42.1. The van der Waals surface area contributed by atoms with E-state index in [1.54, 1.807) is 31.2 Å². The molecule has 1 fully saturated rings. The van der Waals surface area contributed by atoms with Crippen LogP contribution in [-0.2, 0) is 10.0 Å². The van der Waals surface area contributed by atoms with Crippen LogP contribution in [0, 0.1) is 18.7 Å². The lowest BCUT2D eigenvalue weighted by Gasteiger charge is -2.11. The second-order valence-corrected chi connectivity index (χ2v) is 11.9. The summed E-state index contributed by atoms with van der Waals surface area (Å²) in [7, 11) is -4.09. The van der Waals surface area contributed by atoms with Crippen molar-refractivity contribution in [1.82, 2.24) is 14.3 Å². The number of carbonyl (C=O) groups excluding carboxylic acids is 1.